The van der Waals surface area contributed by atoms with E-state index in [0.29, 0.717) is 63.2 Å². The Labute approximate surface area is 250 Å². The lowest BCUT2D eigenvalue weighted by Crippen LogP contribution is -2.29. The fourth-order valence-electron chi connectivity index (χ4n) is 5.06. The smallest absolute Gasteiger partial charge is 0.273 e. The minimum absolute atomic E-state index is 0.0286. The molecule has 1 amide bonds. The maximum atomic E-state index is 13.9. The van der Waals surface area contributed by atoms with Gasteiger partial charge >= 0.3 is 0 Å². The maximum absolute atomic E-state index is 13.9. The molecular formula is C32H33Cl2N3O4. The molecular weight excluding hydrogens is 561 g/mol. The average molecular weight is 595 g/mol. The van der Waals surface area contributed by atoms with Crippen molar-refractivity contribution >= 4 is 29.1 Å². The zero-order valence-electron chi connectivity index (χ0n) is 23.5. The van der Waals surface area contributed by atoms with Crippen molar-refractivity contribution in [1.29, 1.82) is 0 Å². The van der Waals surface area contributed by atoms with Crippen LogP contribution in [0, 0.1) is 12.8 Å². The summed E-state index contributed by atoms with van der Waals surface area (Å²) in [6.45, 7) is 9.33. The second-order valence-corrected chi connectivity index (χ2v) is 11.4. The monoisotopic (exact) mass is 593 g/mol. The van der Waals surface area contributed by atoms with Crippen molar-refractivity contribution in [2.45, 2.75) is 46.7 Å². The first-order valence-corrected chi connectivity index (χ1v) is 14.5. The lowest BCUT2D eigenvalue weighted by Gasteiger charge is -2.27. The number of nitrogens with one attached hydrogen (secondary N) is 1. The van der Waals surface area contributed by atoms with E-state index in [1.54, 1.807) is 17.0 Å². The molecule has 5 rings (SSSR count). The van der Waals surface area contributed by atoms with E-state index in [1.165, 1.54) is 0 Å². The van der Waals surface area contributed by atoms with Crippen LogP contribution < -0.4 is 9.47 Å². The molecule has 0 saturated heterocycles. The van der Waals surface area contributed by atoms with Gasteiger partial charge < -0.3 is 19.5 Å². The van der Waals surface area contributed by atoms with E-state index in [-0.39, 0.29) is 18.2 Å². The fourth-order valence-corrected chi connectivity index (χ4v) is 5.42. The molecule has 0 fully saturated rings. The molecule has 41 heavy (non-hydrogen) atoms. The highest BCUT2D eigenvalue weighted by Gasteiger charge is 2.43. The SMILES string of the molecule is CCOc1cc(C2c3c(-c4cc(Cl)c(C)cc4O)n[nH]c3C(=O)N2Cc2ccccc2Cl)ccc1OCCC(C)C. The molecule has 7 nitrogen and oxygen atoms in total. The predicted molar refractivity (Wildman–Crippen MR) is 161 cm³/mol. The molecule has 0 aliphatic carbocycles. The molecule has 9 heteroatoms. The number of fused-ring (bicyclic) bond motifs is 1. The van der Waals surface area contributed by atoms with Gasteiger partial charge in [-0.3, -0.25) is 9.89 Å². The van der Waals surface area contributed by atoms with Crippen LogP contribution in [0.4, 0.5) is 0 Å². The van der Waals surface area contributed by atoms with Gasteiger partial charge in [-0.1, -0.05) is 61.3 Å². The molecule has 214 valence electrons. The van der Waals surface area contributed by atoms with E-state index in [9.17, 15) is 9.90 Å². The molecule has 1 aliphatic rings. The summed E-state index contributed by atoms with van der Waals surface area (Å²) in [6, 6.07) is 15.9. The van der Waals surface area contributed by atoms with Gasteiger partial charge in [0.05, 0.1) is 19.3 Å². The third-order valence-corrected chi connectivity index (χ3v) is 8.01. The number of halogens is 2. The summed E-state index contributed by atoms with van der Waals surface area (Å²) in [5.41, 5.74) is 4.25. The normalized spacial score (nSPS) is 14.6. The third-order valence-electron chi connectivity index (χ3n) is 7.23. The van der Waals surface area contributed by atoms with Crippen LogP contribution in [0.3, 0.4) is 0 Å². The lowest BCUT2D eigenvalue weighted by molar-refractivity contribution is 0.0730. The summed E-state index contributed by atoms with van der Waals surface area (Å²) in [5, 5.41) is 19.4. The first-order valence-electron chi connectivity index (χ1n) is 13.7. The van der Waals surface area contributed by atoms with Crippen LogP contribution in [-0.2, 0) is 6.54 Å². The van der Waals surface area contributed by atoms with Gasteiger partial charge in [0.25, 0.3) is 5.91 Å². The minimum Gasteiger partial charge on any atom is -0.507 e. The van der Waals surface area contributed by atoms with Crippen molar-refractivity contribution in [3.8, 4) is 28.5 Å². The van der Waals surface area contributed by atoms with Gasteiger partial charge in [0.1, 0.15) is 17.1 Å². The summed E-state index contributed by atoms with van der Waals surface area (Å²) in [6.07, 6.45) is 0.917. The van der Waals surface area contributed by atoms with Crippen LogP contribution in [0.1, 0.15) is 66.0 Å². The molecule has 1 aliphatic heterocycles. The molecule has 1 atom stereocenters. The van der Waals surface area contributed by atoms with Crippen molar-refractivity contribution < 1.29 is 19.4 Å². The van der Waals surface area contributed by atoms with Gasteiger partial charge in [0.2, 0.25) is 0 Å². The van der Waals surface area contributed by atoms with E-state index in [0.717, 1.165) is 23.1 Å². The average Bonchev–Trinajstić information content (AvgIpc) is 3.47. The van der Waals surface area contributed by atoms with Gasteiger partial charge in [0.15, 0.2) is 11.5 Å². The Morgan fingerprint density at radius 3 is 2.56 bits per heavy atom. The Morgan fingerprint density at radius 1 is 1.05 bits per heavy atom. The first kappa shape index (κ1) is 28.8. The number of carbonyl (C=O) groups excluding carboxylic acids is 1. The van der Waals surface area contributed by atoms with Crippen molar-refractivity contribution in [3.05, 3.63) is 92.6 Å². The minimum atomic E-state index is -0.550. The number of rotatable bonds is 10. The van der Waals surface area contributed by atoms with Crippen molar-refractivity contribution in [2.24, 2.45) is 5.92 Å². The zero-order valence-corrected chi connectivity index (χ0v) is 25.0. The number of aromatic hydroxyl groups is 1. The largest absolute Gasteiger partial charge is 0.507 e. The van der Waals surface area contributed by atoms with Crippen LogP contribution in [0.15, 0.2) is 54.6 Å². The highest BCUT2D eigenvalue weighted by molar-refractivity contribution is 6.32. The predicted octanol–water partition coefficient (Wildman–Crippen LogP) is 7.97. The number of benzene rings is 3. The second kappa shape index (κ2) is 12.0. The number of ether oxygens (including phenoxy) is 2. The summed E-state index contributed by atoms with van der Waals surface area (Å²) < 4.78 is 12.1. The highest BCUT2D eigenvalue weighted by Crippen LogP contribution is 2.47. The number of hydrogen-bond acceptors (Lipinski definition) is 5. The molecule has 3 aromatic carbocycles. The second-order valence-electron chi connectivity index (χ2n) is 10.6. The molecule has 2 N–H and O–H groups in total. The van der Waals surface area contributed by atoms with E-state index in [2.05, 4.69) is 24.0 Å². The molecule has 0 bridgehead atoms. The Balaban J connectivity index is 1.64. The van der Waals surface area contributed by atoms with Crippen molar-refractivity contribution in [1.82, 2.24) is 15.1 Å². The Bertz CT molecular complexity index is 1580. The molecule has 0 radical (unpaired) electrons. The van der Waals surface area contributed by atoms with Gasteiger partial charge in [0, 0.05) is 27.7 Å². The Kier molecular flexibility index (Phi) is 8.47. The summed E-state index contributed by atoms with van der Waals surface area (Å²) in [7, 11) is 0. The number of carbonyl (C=O) groups is 1. The van der Waals surface area contributed by atoms with E-state index in [4.69, 9.17) is 32.7 Å². The third kappa shape index (κ3) is 5.74. The lowest BCUT2D eigenvalue weighted by atomic mass is 9.94. The number of phenols is 1. The van der Waals surface area contributed by atoms with Crippen LogP contribution in [0.25, 0.3) is 11.3 Å². The van der Waals surface area contributed by atoms with Crippen molar-refractivity contribution in [2.75, 3.05) is 13.2 Å². The van der Waals surface area contributed by atoms with Gasteiger partial charge in [-0.25, -0.2) is 0 Å². The quantitative estimate of drug-likeness (QED) is 0.195. The fraction of sp³-hybridized carbons (Fsp3) is 0.312. The number of aryl methyl sites for hydroxylation is 1. The van der Waals surface area contributed by atoms with E-state index >= 15 is 0 Å². The van der Waals surface area contributed by atoms with Crippen LogP contribution >= 0.6 is 23.2 Å². The number of nitrogens with zero attached hydrogens (tertiary/aromatic N) is 2. The number of hydrogen-bond donors (Lipinski definition) is 2. The topological polar surface area (TPSA) is 87.7 Å². The molecule has 0 spiro atoms. The summed E-state index contributed by atoms with van der Waals surface area (Å²) in [5.74, 6) is 1.56. The van der Waals surface area contributed by atoms with Crippen molar-refractivity contribution in [3.63, 3.8) is 0 Å². The van der Waals surface area contributed by atoms with Crippen LogP contribution in [-0.4, -0.2) is 39.3 Å². The number of aromatic nitrogens is 2. The maximum Gasteiger partial charge on any atom is 0.273 e. The summed E-state index contributed by atoms with van der Waals surface area (Å²) >= 11 is 13.0. The van der Waals surface area contributed by atoms with Gasteiger partial charge in [-0.05, 0) is 73.2 Å². The summed E-state index contributed by atoms with van der Waals surface area (Å²) in [4.78, 5) is 15.7. The Hall–Kier alpha value is -3.68. The molecule has 4 aromatic rings. The number of amides is 1. The van der Waals surface area contributed by atoms with E-state index in [1.807, 2.05) is 56.3 Å². The molecule has 1 unspecified atom stereocenters. The zero-order chi connectivity index (χ0) is 29.3. The van der Waals surface area contributed by atoms with E-state index < -0.39 is 6.04 Å². The first-order chi connectivity index (χ1) is 19.7. The highest BCUT2D eigenvalue weighted by atomic mass is 35.5. The van der Waals surface area contributed by atoms with Gasteiger partial charge in [-0.15, -0.1) is 0 Å². The van der Waals surface area contributed by atoms with Crippen LogP contribution in [0.2, 0.25) is 10.0 Å². The molecule has 1 aromatic heterocycles. The number of H-pyrrole nitrogens is 1. The van der Waals surface area contributed by atoms with Gasteiger partial charge in [-0.2, -0.15) is 5.10 Å². The van der Waals surface area contributed by atoms with Crippen LogP contribution in [0.5, 0.6) is 17.2 Å². The number of phenolic OH excluding ortho intramolecular Hbond substituents is 1. The number of aromatic amines is 1. The standard InChI is InChI=1S/C32H33Cl2N3O4/c1-5-40-27-15-20(10-11-26(27)41-13-12-18(2)3)31-28-29(22-16-24(34)19(4)14-25(22)38)35-36-30(28)32(39)37(31)17-21-8-6-7-9-23(21)33/h6-11,14-16,18,31,38H,5,12-13,17H2,1-4H3,(H,35,36). The molecule has 0 saturated carbocycles. The Morgan fingerprint density at radius 2 is 1.83 bits per heavy atom. The molecule has 2 heterocycles.